The zero-order valence-corrected chi connectivity index (χ0v) is 35.8. The Bertz CT molecular complexity index is 2140. The summed E-state index contributed by atoms with van der Waals surface area (Å²) in [5.41, 5.74) is 6.94. The molecule has 60 heavy (non-hydrogen) atoms. The van der Waals surface area contributed by atoms with E-state index in [0.29, 0.717) is 114 Å². The number of carbonyl (C=O) groups is 4. The normalized spacial score (nSPS) is 15.4. The lowest BCUT2D eigenvalue weighted by Gasteiger charge is -2.27. The highest BCUT2D eigenvalue weighted by Crippen LogP contribution is 2.46. The lowest BCUT2D eigenvalue weighted by atomic mass is 9.95. The third-order valence-corrected chi connectivity index (χ3v) is 11.0. The number of rotatable bonds is 21. The first-order valence-corrected chi connectivity index (χ1v) is 21.5. The fourth-order valence-corrected chi connectivity index (χ4v) is 7.55. The number of H-pyrrole nitrogens is 1. The molecule has 1 saturated heterocycles. The van der Waals surface area contributed by atoms with E-state index in [2.05, 4.69) is 42.1 Å². The highest BCUT2D eigenvalue weighted by Gasteiger charge is 2.36. The zero-order valence-electron chi connectivity index (χ0n) is 34.2. The number of ether oxygens (including phenoxy) is 5. The van der Waals surface area contributed by atoms with Crippen LogP contribution in [0, 0.1) is 0 Å². The van der Waals surface area contributed by atoms with E-state index in [9.17, 15) is 19.2 Å². The van der Waals surface area contributed by atoms with Crippen LogP contribution in [0.5, 0.6) is 5.75 Å². The molecule has 0 spiro atoms. The molecule has 16 nitrogen and oxygen atoms in total. The van der Waals surface area contributed by atoms with E-state index in [1.54, 1.807) is 23.6 Å². The van der Waals surface area contributed by atoms with Crippen LogP contribution in [0.1, 0.15) is 54.2 Å². The number of nitrogens with one attached hydrogen (secondary N) is 4. The minimum atomic E-state index is -0.406. The molecule has 0 unspecified atom stereocenters. The molecule has 0 saturated carbocycles. The van der Waals surface area contributed by atoms with E-state index in [4.69, 9.17) is 23.7 Å². The van der Waals surface area contributed by atoms with Gasteiger partial charge >= 0.3 is 6.09 Å². The van der Waals surface area contributed by atoms with E-state index < -0.39 is 6.09 Å². The molecule has 3 heterocycles. The van der Waals surface area contributed by atoms with E-state index in [1.165, 1.54) is 0 Å². The summed E-state index contributed by atoms with van der Waals surface area (Å²) in [6, 6.07) is 17.2. The van der Waals surface area contributed by atoms with Crippen LogP contribution in [-0.4, -0.2) is 137 Å². The Labute approximate surface area is 357 Å². The van der Waals surface area contributed by atoms with Gasteiger partial charge in [-0.15, -0.1) is 0 Å². The first-order valence-electron chi connectivity index (χ1n) is 20.4. The van der Waals surface area contributed by atoms with Crippen LogP contribution in [-0.2, 0) is 28.5 Å². The Balaban J connectivity index is 0.969. The van der Waals surface area contributed by atoms with Crippen LogP contribution in [0.4, 0.5) is 10.5 Å². The summed E-state index contributed by atoms with van der Waals surface area (Å²) in [6.07, 6.45) is 0.187. The van der Waals surface area contributed by atoms with Gasteiger partial charge in [0.05, 0.1) is 70.7 Å². The predicted octanol–water partition coefficient (Wildman–Crippen LogP) is 4.69. The van der Waals surface area contributed by atoms with Gasteiger partial charge in [0.1, 0.15) is 11.4 Å². The number of alkyl halides is 1. The third-order valence-electron chi connectivity index (χ3n) is 10.2. The molecule has 0 radical (unpaired) electrons. The van der Waals surface area contributed by atoms with E-state index in [-0.39, 0.29) is 36.7 Å². The van der Waals surface area contributed by atoms with Crippen molar-refractivity contribution in [2.75, 3.05) is 102 Å². The number of hydrazone groups is 1. The van der Waals surface area contributed by atoms with Gasteiger partial charge in [-0.05, 0) is 41.6 Å². The van der Waals surface area contributed by atoms with Gasteiger partial charge in [0.15, 0.2) is 0 Å². The summed E-state index contributed by atoms with van der Waals surface area (Å²) in [7, 11) is 0. The van der Waals surface area contributed by atoms with E-state index in [1.807, 2.05) is 54.6 Å². The van der Waals surface area contributed by atoms with E-state index in [0.717, 1.165) is 38.5 Å². The number of hydrogen-bond acceptors (Lipinski definition) is 11. The number of benzene rings is 3. The lowest BCUT2D eigenvalue weighted by Crippen LogP contribution is -2.47. The number of amides is 4. The second kappa shape index (κ2) is 22.6. The van der Waals surface area contributed by atoms with Crippen LogP contribution in [0.15, 0.2) is 59.7 Å². The summed E-state index contributed by atoms with van der Waals surface area (Å²) in [4.78, 5) is 57.8. The highest BCUT2D eigenvalue weighted by molar-refractivity contribution is 9.09. The Morgan fingerprint density at radius 1 is 0.850 bits per heavy atom. The maximum absolute atomic E-state index is 14.3. The fraction of sp³-hybridized carbons (Fsp3) is 0.465. The van der Waals surface area contributed by atoms with Gasteiger partial charge < -0.3 is 49.1 Å². The number of halogens is 1. The van der Waals surface area contributed by atoms with Crippen molar-refractivity contribution in [2.45, 2.75) is 32.6 Å². The molecule has 4 aromatic rings. The van der Waals surface area contributed by atoms with Crippen LogP contribution in [0.3, 0.4) is 0 Å². The molecule has 1 aromatic heterocycles. The number of aromatic nitrogens is 1. The van der Waals surface area contributed by atoms with Crippen molar-refractivity contribution in [1.29, 1.82) is 0 Å². The Morgan fingerprint density at radius 3 is 2.23 bits per heavy atom. The fourth-order valence-electron chi connectivity index (χ4n) is 7.02. The minimum Gasteiger partial charge on any atom is -0.409 e. The summed E-state index contributed by atoms with van der Waals surface area (Å²) >= 11 is 3.68. The molecule has 0 bridgehead atoms. The quantitative estimate of drug-likeness (QED) is 0.0396. The number of piperazine rings is 1. The zero-order chi connectivity index (χ0) is 42.3. The van der Waals surface area contributed by atoms with Crippen molar-refractivity contribution in [1.82, 2.24) is 25.9 Å². The average Bonchev–Trinajstić information content (AvgIpc) is 3.88. The van der Waals surface area contributed by atoms with Crippen molar-refractivity contribution >= 4 is 72.8 Å². The molecule has 4 amide bonds. The lowest BCUT2D eigenvalue weighted by molar-refractivity contribution is -0.122. The Hall–Kier alpha value is -4.91. The monoisotopic (exact) mass is 891 g/mol. The predicted molar refractivity (Wildman–Crippen MR) is 232 cm³/mol. The smallest absolute Gasteiger partial charge is 0.409 e. The van der Waals surface area contributed by atoms with Crippen LogP contribution >= 0.6 is 15.9 Å². The van der Waals surface area contributed by atoms with Crippen molar-refractivity contribution in [3.63, 3.8) is 0 Å². The Morgan fingerprint density at radius 2 is 1.53 bits per heavy atom. The van der Waals surface area contributed by atoms with Crippen LogP contribution in [0.25, 0.3) is 21.7 Å². The highest BCUT2D eigenvalue weighted by atomic mass is 79.9. The van der Waals surface area contributed by atoms with Gasteiger partial charge in [0.25, 0.3) is 5.91 Å². The van der Waals surface area contributed by atoms with Gasteiger partial charge in [-0.25, -0.2) is 10.2 Å². The number of aromatic amines is 1. The molecule has 322 valence electrons. The van der Waals surface area contributed by atoms with Crippen molar-refractivity contribution < 1.29 is 42.9 Å². The summed E-state index contributed by atoms with van der Waals surface area (Å²) < 4.78 is 27.9. The molecule has 4 N–H and O–H groups in total. The number of anilines is 1. The Kier molecular flexibility index (Phi) is 16.8. The maximum Gasteiger partial charge on any atom is 0.415 e. The van der Waals surface area contributed by atoms with Gasteiger partial charge in [0, 0.05) is 79.3 Å². The number of carbonyl (C=O) groups excluding carboxylic acids is 4. The molecule has 6 rings (SSSR count). The first kappa shape index (κ1) is 44.6. The molecular weight excluding hydrogens is 838 g/mol. The molecule has 0 aliphatic carbocycles. The molecule has 17 heteroatoms. The maximum atomic E-state index is 14.3. The summed E-state index contributed by atoms with van der Waals surface area (Å²) in [5, 5.41) is 13.5. The molecule has 2 aliphatic heterocycles. The van der Waals surface area contributed by atoms with Crippen molar-refractivity contribution in [2.24, 2.45) is 5.10 Å². The largest absolute Gasteiger partial charge is 0.415 e. The number of nitrogens with zero attached hydrogens (tertiary/aromatic N) is 3. The average molecular weight is 893 g/mol. The second-order valence-electron chi connectivity index (χ2n) is 14.3. The SMILES string of the molecule is CCC(=O)NCCOCCOCCOCCOCCC(=O)N/N=C(\C)c1ccc2[nH]c(C(=O)N3C[C@@H](CBr)c4c3cc(OC(=O)N3CCNCC3)c3ccccc43)cc2c1. The second-order valence-corrected chi connectivity index (χ2v) is 15.0. The van der Waals surface area contributed by atoms with Gasteiger partial charge in [-0.3, -0.25) is 14.4 Å². The summed E-state index contributed by atoms with van der Waals surface area (Å²) in [5.74, 6) is -0.0199. The first-order chi connectivity index (χ1) is 29.3. The molecule has 2 aliphatic rings. The summed E-state index contributed by atoms with van der Waals surface area (Å²) in [6.45, 7) is 10.2. The van der Waals surface area contributed by atoms with E-state index >= 15 is 0 Å². The van der Waals surface area contributed by atoms with Crippen LogP contribution < -0.4 is 25.7 Å². The van der Waals surface area contributed by atoms with Gasteiger partial charge in [-0.1, -0.05) is 53.2 Å². The topological polar surface area (TPSA) is 185 Å². The minimum absolute atomic E-state index is 0.00297. The number of fused-ring (bicyclic) bond motifs is 4. The number of hydrogen-bond donors (Lipinski definition) is 4. The van der Waals surface area contributed by atoms with Crippen molar-refractivity contribution in [3.05, 3.63) is 71.4 Å². The third kappa shape index (κ3) is 11.9. The molecule has 3 aromatic carbocycles. The molecule has 1 fully saturated rings. The molecular formula is C43H54BrN7O9. The molecule has 1 atom stereocenters. The standard InChI is InChI=1S/C43H54BrN7O9/c1-3-39(52)46-13-17-57-19-21-59-23-22-58-20-18-56-16-10-40(53)49-48-29(2)30-8-9-35-31(24-30)25-36(47-35)42(54)51-28-32(27-44)41-34-7-5-4-6-33(34)38(26-37(41)51)60-43(55)50-14-11-45-12-15-50/h4-9,24-26,32,45,47H,3,10-23,27-28H2,1-2H3,(H,46,52)(H,49,53)/b48-29+/t32-/m1/s1. The van der Waals surface area contributed by atoms with Crippen LogP contribution in [0.2, 0.25) is 0 Å². The van der Waals surface area contributed by atoms with Crippen molar-refractivity contribution in [3.8, 4) is 5.75 Å². The van der Waals surface area contributed by atoms with Gasteiger partial charge in [-0.2, -0.15) is 5.10 Å². The van der Waals surface area contributed by atoms with Gasteiger partial charge in [0.2, 0.25) is 11.8 Å².